The number of amides is 1. The fourth-order valence-electron chi connectivity index (χ4n) is 3.59. The molecule has 1 aliphatic carbocycles. The van der Waals surface area contributed by atoms with E-state index in [0.29, 0.717) is 11.8 Å². The van der Waals surface area contributed by atoms with Gasteiger partial charge in [-0.1, -0.05) is 48.0 Å². The first-order chi connectivity index (χ1) is 13.5. The second kappa shape index (κ2) is 7.30. The number of nitrogens with one attached hydrogen (secondary N) is 1. The molecular formula is C22H25NO5S. The van der Waals surface area contributed by atoms with Gasteiger partial charge in [0.2, 0.25) is 0 Å². The Hall–Kier alpha value is -2.67. The minimum absolute atomic E-state index is 0.115. The van der Waals surface area contributed by atoms with E-state index in [9.17, 15) is 18.0 Å². The normalized spacial score (nSPS) is 23.9. The van der Waals surface area contributed by atoms with Crippen molar-refractivity contribution in [3.05, 3.63) is 65.7 Å². The lowest BCUT2D eigenvalue weighted by molar-refractivity contribution is -0.110. The van der Waals surface area contributed by atoms with Crippen molar-refractivity contribution < 1.29 is 22.7 Å². The summed E-state index contributed by atoms with van der Waals surface area (Å²) in [6.07, 6.45) is -0.308. The van der Waals surface area contributed by atoms with Gasteiger partial charge in [-0.15, -0.1) is 0 Å². The van der Waals surface area contributed by atoms with E-state index in [2.05, 4.69) is 5.32 Å². The van der Waals surface area contributed by atoms with E-state index in [1.165, 1.54) is 12.1 Å². The van der Waals surface area contributed by atoms with Crippen LogP contribution in [0, 0.1) is 6.92 Å². The first-order valence-electron chi connectivity index (χ1n) is 9.34. The number of sulfone groups is 1. The molecule has 0 bridgehead atoms. The number of benzene rings is 2. The predicted molar refractivity (Wildman–Crippen MR) is 110 cm³/mol. The average Bonchev–Trinajstić information content (AvgIpc) is 3.30. The quantitative estimate of drug-likeness (QED) is 0.756. The fraction of sp³-hybridized carbons (Fsp3) is 0.364. The zero-order valence-corrected chi connectivity index (χ0v) is 17.7. The summed E-state index contributed by atoms with van der Waals surface area (Å²) in [5.41, 5.74) is -0.784. The van der Waals surface area contributed by atoms with Crippen molar-refractivity contribution in [3.63, 3.8) is 0 Å². The Morgan fingerprint density at radius 3 is 2.17 bits per heavy atom. The molecule has 1 amide bonds. The highest BCUT2D eigenvalue weighted by Gasteiger charge is 2.73. The van der Waals surface area contributed by atoms with Gasteiger partial charge in [0.05, 0.1) is 4.90 Å². The van der Waals surface area contributed by atoms with E-state index in [-0.39, 0.29) is 4.90 Å². The minimum Gasteiger partial charge on any atom is -0.444 e. The molecule has 1 aliphatic rings. The maximum atomic E-state index is 13.4. The molecule has 1 N–H and O–H groups in total. The summed E-state index contributed by atoms with van der Waals surface area (Å²) in [4.78, 5) is 24.7. The molecule has 0 heterocycles. The van der Waals surface area contributed by atoms with E-state index in [0.717, 1.165) is 5.56 Å². The molecule has 0 saturated heterocycles. The van der Waals surface area contributed by atoms with Gasteiger partial charge in [-0.25, -0.2) is 13.2 Å². The molecule has 0 radical (unpaired) electrons. The standard InChI is InChI=1S/C22H25NO5S/c1-15-10-12-17(13-11-15)29(26,27)19-18(16-8-6-5-7-9-16)22(19,14-24)23-20(25)28-21(2,3)4/h5-14,18-19H,1-4H3,(H,23,25)/t18-,19+,22-/m0/s1. The number of carbonyl (C=O) groups is 2. The molecule has 29 heavy (non-hydrogen) atoms. The number of rotatable bonds is 5. The molecule has 154 valence electrons. The van der Waals surface area contributed by atoms with Crippen molar-refractivity contribution in [1.29, 1.82) is 0 Å². The molecule has 0 spiro atoms. The summed E-state index contributed by atoms with van der Waals surface area (Å²) in [5.74, 6) is -0.708. The average molecular weight is 416 g/mol. The van der Waals surface area contributed by atoms with Crippen LogP contribution >= 0.6 is 0 Å². The number of aldehydes is 1. The van der Waals surface area contributed by atoms with Gasteiger partial charge in [-0.3, -0.25) is 0 Å². The van der Waals surface area contributed by atoms with Crippen molar-refractivity contribution in [2.75, 3.05) is 0 Å². The van der Waals surface area contributed by atoms with Gasteiger partial charge < -0.3 is 14.8 Å². The van der Waals surface area contributed by atoms with Crippen LogP contribution in [0.5, 0.6) is 0 Å². The van der Waals surface area contributed by atoms with Crippen LogP contribution in [0.15, 0.2) is 59.5 Å². The summed E-state index contributed by atoms with van der Waals surface area (Å²) in [5, 5.41) is 1.43. The van der Waals surface area contributed by atoms with Crippen LogP contribution in [0.3, 0.4) is 0 Å². The number of carbonyl (C=O) groups excluding carboxylic acids is 2. The van der Waals surface area contributed by atoms with Crippen molar-refractivity contribution in [3.8, 4) is 0 Å². The highest BCUT2D eigenvalue weighted by molar-refractivity contribution is 7.92. The predicted octanol–water partition coefficient (Wildman–Crippen LogP) is 3.40. The summed E-state index contributed by atoms with van der Waals surface area (Å²) in [6, 6.07) is 15.3. The van der Waals surface area contributed by atoms with Crippen molar-refractivity contribution >= 4 is 22.2 Å². The zero-order chi connectivity index (χ0) is 21.4. The molecule has 0 unspecified atom stereocenters. The minimum atomic E-state index is -3.89. The van der Waals surface area contributed by atoms with E-state index in [1.807, 2.05) is 6.92 Å². The Morgan fingerprint density at radius 1 is 1.07 bits per heavy atom. The number of hydrogen-bond donors (Lipinski definition) is 1. The third kappa shape index (κ3) is 4.05. The van der Waals surface area contributed by atoms with Crippen LogP contribution < -0.4 is 5.32 Å². The summed E-state index contributed by atoms with van der Waals surface area (Å²) in [6.45, 7) is 6.95. The Morgan fingerprint density at radius 2 is 1.66 bits per heavy atom. The molecule has 2 aromatic carbocycles. The van der Waals surface area contributed by atoms with Crippen molar-refractivity contribution in [2.45, 2.75) is 54.9 Å². The maximum Gasteiger partial charge on any atom is 0.408 e. The molecule has 3 rings (SSSR count). The Balaban J connectivity index is 2.03. The first kappa shape index (κ1) is 21.0. The van der Waals surface area contributed by atoms with Gasteiger partial charge in [0.1, 0.15) is 22.7 Å². The number of hydrogen-bond acceptors (Lipinski definition) is 5. The van der Waals surface area contributed by atoms with Gasteiger partial charge in [-0.05, 0) is 45.4 Å². The van der Waals surface area contributed by atoms with Gasteiger partial charge in [0.25, 0.3) is 0 Å². The summed E-state index contributed by atoms with van der Waals surface area (Å²) in [7, 11) is -3.89. The van der Waals surface area contributed by atoms with Crippen LogP contribution in [0.1, 0.15) is 37.8 Å². The Bertz CT molecular complexity index is 1010. The fourth-order valence-corrected chi connectivity index (χ4v) is 5.84. The summed E-state index contributed by atoms with van der Waals surface area (Å²) < 4.78 is 32.0. The SMILES string of the molecule is Cc1ccc(S(=O)(=O)[C@@H]2[C@H](c3ccccc3)[C@]2(C=O)NC(=O)OC(C)(C)C)cc1. The second-order valence-corrected chi connectivity index (χ2v) is 10.4. The molecule has 7 heteroatoms. The molecule has 1 fully saturated rings. The molecule has 2 aromatic rings. The lowest BCUT2D eigenvalue weighted by Gasteiger charge is -2.22. The first-order valence-corrected chi connectivity index (χ1v) is 10.9. The van der Waals surface area contributed by atoms with Crippen LogP contribution in [-0.4, -0.2) is 37.2 Å². The number of ether oxygens (including phenoxy) is 1. The van der Waals surface area contributed by atoms with Crippen molar-refractivity contribution in [1.82, 2.24) is 5.32 Å². The maximum absolute atomic E-state index is 13.4. The van der Waals surface area contributed by atoms with Crippen LogP contribution in [0.25, 0.3) is 0 Å². The highest BCUT2D eigenvalue weighted by atomic mass is 32.2. The lowest BCUT2D eigenvalue weighted by Crippen LogP contribution is -2.45. The van der Waals surface area contributed by atoms with Gasteiger partial charge in [0, 0.05) is 5.92 Å². The molecule has 6 nitrogen and oxygen atoms in total. The van der Waals surface area contributed by atoms with Gasteiger partial charge in [0.15, 0.2) is 9.84 Å². The van der Waals surface area contributed by atoms with E-state index in [1.54, 1.807) is 63.2 Å². The third-order valence-corrected chi connectivity index (χ3v) is 7.19. The zero-order valence-electron chi connectivity index (χ0n) is 16.9. The Kier molecular flexibility index (Phi) is 5.30. The topological polar surface area (TPSA) is 89.5 Å². The monoisotopic (exact) mass is 415 g/mol. The number of alkyl carbamates (subject to hydrolysis) is 1. The molecule has 0 aromatic heterocycles. The van der Waals surface area contributed by atoms with Crippen LogP contribution in [0.4, 0.5) is 4.79 Å². The third-order valence-electron chi connectivity index (χ3n) is 4.93. The molecular weight excluding hydrogens is 390 g/mol. The van der Waals surface area contributed by atoms with Crippen LogP contribution in [-0.2, 0) is 19.4 Å². The number of aryl methyl sites for hydroxylation is 1. The molecule has 3 atom stereocenters. The highest BCUT2D eigenvalue weighted by Crippen LogP contribution is 2.56. The second-order valence-electron chi connectivity index (χ2n) is 8.34. The lowest BCUT2D eigenvalue weighted by atomic mass is 10.1. The van der Waals surface area contributed by atoms with Crippen LogP contribution in [0.2, 0.25) is 0 Å². The Labute approximate surface area is 171 Å². The summed E-state index contributed by atoms with van der Waals surface area (Å²) >= 11 is 0. The smallest absolute Gasteiger partial charge is 0.408 e. The molecule has 0 aliphatic heterocycles. The van der Waals surface area contributed by atoms with Gasteiger partial charge >= 0.3 is 6.09 Å². The molecule has 1 saturated carbocycles. The van der Waals surface area contributed by atoms with Gasteiger partial charge in [-0.2, -0.15) is 0 Å². The van der Waals surface area contributed by atoms with E-state index < -0.39 is 38.2 Å². The van der Waals surface area contributed by atoms with E-state index in [4.69, 9.17) is 4.74 Å². The largest absolute Gasteiger partial charge is 0.444 e. The van der Waals surface area contributed by atoms with Crippen molar-refractivity contribution in [2.24, 2.45) is 0 Å². The van der Waals surface area contributed by atoms with E-state index >= 15 is 0 Å².